The lowest BCUT2D eigenvalue weighted by molar-refractivity contribution is -0.384. The number of carbonyl (C=O) groups is 1. The van der Waals surface area contributed by atoms with Gasteiger partial charge in [-0.25, -0.2) is 0 Å². The molecule has 0 fully saturated rings. The molecule has 1 heterocycles. The molecule has 0 amide bonds. The van der Waals surface area contributed by atoms with Gasteiger partial charge in [0.25, 0.3) is 5.69 Å². The van der Waals surface area contributed by atoms with Crippen LogP contribution < -0.4 is 0 Å². The number of nitro benzene ring substituents is 1. The van der Waals surface area contributed by atoms with E-state index in [2.05, 4.69) is 4.98 Å². The summed E-state index contributed by atoms with van der Waals surface area (Å²) in [6.07, 6.45) is -3.56. The second kappa shape index (κ2) is 7.64. The number of pyridine rings is 1. The number of alkyl halides is 3. The van der Waals surface area contributed by atoms with Crippen molar-refractivity contribution < 1.29 is 22.9 Å². The fraction of sp³-hybridized carbons (Fsp3) is 0.0435. The van der Waals surface area contributed by atoms with Crippen LogP contribution in [0.1, 0.15) is 21.5 Å². The molecule has 154 valence electrons. The third-order valence-electron chi connectivity index (χ3n) is 4.83. The fourth-order valence-corrected chi connectivity index (χ4v) is 3.45. The minimum Gasteiger partial charge on any atom is -0.289 e. The summed E-state index contributed by atoms with van der Waals surface area (Å²) in [6.45, 7) is 0. The predicted octanol–water partition coefficient (Wildman–Crippen LogP) is 6.06. The Morgan fingerprint density at radius 1 is 0.935 bits per heavy atom. The molecule has 5 nitrogen and oxygen atoms in total. The number of ketones is 1. The van der Waals surface area contributed by atoms with E-state index in [1.54, 1.807) is 30.3 Å². The van der Waals surface area contributed by atoms with E-state index in [1.807, 2.05) is 0 Å². The number of aromatic nitrogens is 1. The third kappa shape index (κ3) is 3.75. The van der Waals surface area contributed by atoms with Crippen LogP contribution in [0.3, 0.4) is 0 Å². The van der Waals surface area contributed by atoms with Gasteiger partial charge in [-0.3, -0.25) is 19.9 Å². The van der Waals surface area contributed by atoms with Crippen LogP contribution in [0.25, 0.3) is 22.0 Å². The summed E-state index contributed by atoms with van der Waals surface area (Å²) in [7, 11) is 0. The van der Waals surface area contributed by atoms with Gasteiger partial charge < -0.3 is 0 Å². The molecule has 4 aromatic rings. The molecule has 0 unspecified atom stereocenters. The number of rotatable bonds is 4. The van der Waals surface area contributed by atoms with Gasteiger partial charge in [-0.05, 0) is 11.6 Å². The SMILES string of the molecule is O=C(c1ccccc1)c1cnc2c(C(F)(F)F)cccc2c1-c1cccc([N+](=O)[O-])c1. The highest BCUT2D eigenvalue weighted by atomic mass is 19.4. The number of carbonyl (C=O) groups excluding carboxylic acids is 1. The highest BCUT2D eigenvalue weighted by molar-refractivity contribution is 6.16. The van der Waals surface area contributed by atoms with Crippen LogP contribution in [0.15, 0.2) is 79.0 Å². The van der Waals surface area contributed by atoms with Crippen LogP contribution in [0, 0.1) is 10.1 Å². The average Bonchev–Trinajstić information content (AvgIpc) is 2.77. The lowest BCUT2D eigenvalue weighted by Crippen LogP contribution is -2.09. The van der Waals surface area contributed by atoms with Gasteiger partial charge in [0.2, 0.25) is 0 Å². The van der Waals surface area contributed by atoms with Crippen LogP contribution in [-0.4, -0.2) is 15.7 Å². The summed E-state index contributed by atoms with van der Waals surface area (Å²) in [5.74, 6) is -0.450. The zero-order valence-corrected chi connectivity index (χ0v) is 15.8. The van der Waals surface area contributed by atoms with Gasteiger partial charge in [0.1, 0.15) is 0 Å². The van der Waals surface area contributed by atoms with Crippen molar-refractivity contribution in [3.63, 3.8) is 0 Å². The van der Waals surface area contributed by atoms with Gasteiger partial charge in [-0.1, -0.05) is 54.6 Å². The standard InChI is InChI=1S/C23H13F3N2O3/c24-23(25,26)19-11-5-10-17-20(15-8-4-9-16(12-15)28(30)31)18(13-27-21(17)19)22(29)14-6-2-1-3-7-14/h1-13H. The van der Waals surface area contributed by atoms with Gasteiger partial charge in [0.15, 0.2) is 5.78 Å². The van der Waals surface area contributed by atoms with Crippen molar-refractivity contribution >= 4 is 22.4 Å². The largest absolute Gasteiger partial charge is 0.418 e. The van der Waals surface area contributed by atoms with Crippen molar-refractivity contribution in [1.29, 1.82) is 0 Å². The minimum absolute atomic E-state index is 0.0542. The summed E-state index contributed by atoms with van der Waals surface area (Å²) >= 11 is 0. The Balaban J connectivity index is 2.07. The van der Waals surface area contributed by atoms with E-state index in [9.17, 15) is 28.1 Å². The Morgan fingerprint density at radius 2 is 1.65 bits per heavy atom. The number of non-ortho nitro benzene ring substituents is 1. The molecular formula is C23H13F3N2O3. The molecule has 0 saturated carbocycles. The number of hydrogen-bond acceptors (Lipinski definition) is 4. The fourth-order valence-electron chi connectivity index (χ4n) is 3.45. The lowest BCUT2D eigenvalue weighted by Gasteiger charge is -2.15. The Labute approximate surface area is 173 Å². The average molecular weight is 422 g/mol. The minimum atomic E-state index is -4.66. The number of fused-ring (bicyclic) bond motifs is 1. The second-order valence-corrected chi connectivity index (χ2v) is 6.75. The number of halogens is 3. The molecule has 0 aliphatic rings. The molecule has 0 spiro atoms. The summed E-state index contributed by atoms with van der Waals surface area (Å²) in [5.41, 5.74) is -0.737. The van der Waals surface area contributed by atoms with Crippen LogP contribution in [-0.2, 0) is 6.18 Å². The van der Waals surface area contributed by atoms with Crippen molar-refractivity contribution in [2.75, 3.05) is 0 Å². The van der Waals surface area contributed by atoms with Crippen LogP contribution in [0.4, 0.5) is 18.9 Å². The van der Waals surface area contributed by atoms with Crippen LogP contribution in [0.2, 0.25) is 0 Å². The van der Waals surface area contributed by atoms with E-state index in [0.29, 0.717) is 5.56 Å². The predicted molar refractivity (Wildman–Crippen MR) is 109 cm³/mol. The molecule has 0 aliphatic heterocycles. The molecule has 8 heteroatoms. The van der Waals surface area contributed by atoms with E-state index in [-0.39, 0.29) is 33.3 Å². The molecule has 0 atom stereocenters. The zero-order valence-electron chi connectivity index (χ0n) is 15.8. The van der Waals surface area contributed by atoms with E-state index in [0.717, 1.165) is 12.3 Å². The summed E-state index contributed by atoms with van der Waals surface area (Å²) < 4.78 is 40.6. The molecule has 3 aromatic carbocycles. The smallest absolute Gasteiger partial charge is 0.289 e. The summed E-state index contributed by atoms with van der Waals surface area (Å²) in [6, 6.07) is 17.2. The van der Waals surface area contributed by atoms with Crippen molar-refractivity contribution in [2.24, 2.45) is 0 Å². The number of para-hydroxylation sites is 1. The molecule has 0 saturated heterocycles. The molecule has 0 bridgehead atoms. The van der Waals surface area contributed by atoms with Gasteiger partial charge >= 0.3 is 6.18 Å². The normalized spacial score (nSPS) is 11.5. The Morgan fingerprint density at radius 3 is 2.32 bits per heavy atom. The maximum absolute atomic E-state index is 13.5. The molecular weight excluding hydrogens is 409 g/mol. The van der Waals surface area contributed by atoms with E-state index < -0.39 is 22.4 Å². The first-order chi connectivity index (χ1) is 14.8. The molecule has 4 rings (SSSR count). The summed E-state index contributed by atoms with van der Waals surface area (Å²) in [4.78, 5) is 27.8. The summed E-state index contributed by atoms with van der Waals surface area (Å²) in [5, 5.41) is 11.3. The van der Waals surface area contributed by atoms with Gasteiger partial charge in [0, 0.05) is 40.4 Å². The number of benzene rings is 3. The number of nitrogens with zero attached hydrogens (tertiary/aromatic N) is 2. The first kappa shape index (κ1) is 20.2. The topological polar surface area (TPSA) is 73.1 Å². The molecule has 0 N–H and O–H groups in total. The lowest BCUT2D eigenvalue weighted by atomic mass is 9.91. The molecule has 0 radical (unpaired) electrons. The van der Waals surface area contributed by atoms with Gasteiger partial charge in [0.05, 0.1) is 16.0 Å². The zero-order chi connectivity index (χ0) is 22.2. The quantitative estimate of drug-likeness (QED) is 0.228. The van der Waals surface area contributed by atoms with Crippen molar-refractivity contribution in [3.8, 4) is 11.1 Å². The van der Waals surface area contributed by atoms with Gasteiger partial charge in [-0.15, -0.1) is 0 Å². The van der Waals surface area contributed by atoms with Gasteiger partial charge in [-0.2, -0.15) is 13.2 Å². The Bertz CT molecular complexity index is 1320. The number of nitro groups is 1. The van der Waals surface area contributed by atoms with E-state index >= 15 is 0 Å². The van der Waals surface area contributed by atoms with E-state index in [1.165, 1.54) is 36.4 Å². The van der Waals surface area contributed by atoms with Crippen molar-refractivity contribution in [3.05, 3.63) is 106 Å². The third-order valence-corrected chi connectivity index (χ3v) is 4.83. The Hall–Kier alpha value is -4.07. The second-order valence-electron chi connectivity index (χ2n) is 6.75. The molecule has 31 heavy (non-hydrogen) atoms. The molecule has 0 aliphatic carbocycles. The number of hydrogen-bond donors (Lipinski definition) is 0. The monoisotopic (exact) mass is 422 g/mol. The molecule has 1 aromatic heterocycles. The maximum Gasteiger partial charge on any atom is 0.418 e. The van der Waals surface area contributed by atoms with E-state index in [4.69, 9.17) is 0 Å². The highest BCUT2D eigenvalue weighted by Gasteiger charge is 2.34. The Kier molecular flexibility index (Phi) is 4.98. The van der Waals surface area contributed by atoms with Crippen LogP contribution >= 0.6 is 0 Å². The van der Waals surface area contributed by atoms with Crippen LogP contribution in [0.5, 0.6) is 0 Å². The highest BCUT2D eigenvalue weighted by Crippen LogP contribution is 2.39. The maximum atomic E-state index is 13.5. The van der Waals surface area contributed by atoms with Crippen molar-refractivity contribution in [1.82, 2.24) is 4.98 Å². The van der Waals surface area contributed by atoms with Crippen molar-refractivity contribution in [2.45, 2.75) is 6.18 Å². The first-order valence-electron chi connectivity index (χ1n) is 9.11. The first-order valence-corrected chi connectivity index (χ1v) is 9.11.